The Labute approximate surface area is 112 Å². The molecule has 0 saturated heterocycles. The van der Waals surface area contributed by atoms with Crippen molar-refractivity contribution in [3.8, 4) is 0 Å². The summed E-state index contributed by atoms with van der Waals surface area (Å²) >= 11 is 0. The summed E-state index contributed by atoms with van der Waals surface area (Å²) in [7, 11) is 1.63. The van der Waals surface area contributed by atoms with Crippen LogP contribution in [-0.4, -0.2) is 42.1 Å². The van der Waals surface area contributed by atoms with E-state index in [1.165, 1.54) is 15.9 Å². The third-order valence-corrected chi connectivity index (χ3v) is 2.71. The quantitative estimate of drug-likeness (QED) is 0.827. The first-order valence-corrected chi connectivity index (χ1v) is 5.88. The molecule has 0 unspecified atom stereocenters. The molecule has 1 aromatic rings. The lowest BCUT2D eigenvalue weighted by molar-refractivity contribution is -0.137. The Bertz CT molecular complexity index is 485. The van der Waals surface area contributed by atoms with Crippen molar-refractivity contribution in [2.75, 3.05) is 25.0 Å². The average Bonchev–Trinajstić information content (AvgIpc) is 2.36. The molecule has 1 rings (SSSR count). The number of para-hydroxylation sites is 1. The molecule has 0 aromatic heterocycles. The first-order chi connectivity index (χ1) is 8.97. The Balaban J connectivity index is 2.93. The summed E-state index contributed by atoms with van der Waals surface area (Å²) < 4.78 is 0. The minimum absolute atomic E-state index is 0.196. The minimum atomic E-state index is -1.05. The van der Waals surface area contributed by atoms with Crippen LogP contribution in [0.4, 0.5) is 10.5 Å². The van der Waals surface area contributed by atoms with E-state index in [1.807, 2.05) is 31.2 Å². The summed E-state index contributed by atoms with van der Waals surface area (Å²) in [4.78, 5) is 25.7. The van der Waals surface area contributed by atoms with E-state index < -0.39 is 5.97 Å². The summed E-state index contributed by atoms with van der Waals surface area (Å²) in [5, 5.41) is 8.82. The third-order valence-electron chi connectivity index (χ3n) is 2.71. The maximum atomic E-state index is 12.3. The fourth-order valence-corrected chi connectivity index (χ4v) is 1.78. The smallest absolute Gasteiger partial charge is 0.325 e. The highest BCUT2D eigenvalue weighted by Gasteiger charge is 2.21. The highest BCUT2D eigenvalue weighted by atomic mass is 16.4. The highest BCUT2D eigenvalue weighted by Crippen LogP contribution is 2.19. The zero-order chi connectivity index (χ0) is 14.4. The van der Waals surface area contributed by atoms with Crippen LogP contribution in [0.15, 0.2) is 36.9 Å². The molecule has 102 valence electrons. The molecular weight excluding hydrogens is 244 g/mol. The van der Waals surface area contributed by atoms with Gasteiger partial charge >= 0.3 is 12.0 Å². The van der Waals surface area contributed by atoms with Crippen LogP contribution in [0.3, 0.4) is 0 Å². The molecule has 0 fully saturated rings. The number of hydrogen-bond donors (Lipinski definition) is 1. The van der Waals surface area contributed by atoms with Crippen molar-refractivity contribution in [3.63, 3.8) is 0 Å². The van der Waals surface area contributed by atoms with E-state index in [9.17, 15) is 9.59 Å². The fourth-order valence-electron chi connectivity index (χ4n) is 1.78. The zero-order valence-corrected chi connectivity index (χ0v) is 11.2. The average molecular weight is 262 g/mol. The van der Waals surface area contributed by atoms with Crippen LogP contribution < -0.4 is 4.90 Å². The molecule has 5 heteroatoms. The van der Waals surface area contributed by atoms with Gasteiger partial charge in [-0.2, -0.15) is 0 Å². The van der Waals surface area contributed by atoms with Gasteiger partial charge in [-0.1, -0.05) is 24.3 Å². The largest absolute Gasteiger partial charge is 0.480 e. The van der Waals surface area contributed by atoms with Crippen LogP contribution in [0, 0.1) is 6.92 Å². The standard InChI is InChI=1S/C14H18N2O3/c1-4-9-16(10-13(17)18)14(19)15(3)12-8-6-5-7-11(12)2/h4-8H,1,9-10H2,2-3H3,(H,17,18). The van der Waals surface area contributed by atoms with E-state index in [-0.39, 0.29) is 19.1 Å². The molecule has 0 atom stereocenters. The van der Waals surface area contributed by atoms with Gasteiger partial charge in [-0.25, -0.2) is 4.79 Å². The van der Waals surface area contributed by atoms with Gasteiger partial charge in [0.05, 0.1) is 0 Å². The zero-order valence-electron chi connectivity index (χ0n) is 11.2. The number of aryl methyl sites for hydroxylation is 1. The summed E-state index contributed by atoms with van der Waals surface area (Å²) in [6.07, 6.45) is 1.51. The molecule has 0 saturated carbocycles. The Hall–Kier alpha value is -2.30. The number of aliphatic carboxylic acids is 1. The summed E-state index contributed by atoms with van der Waals surface area (Å²) in [6.45, 7) is 5.28. The number of carbonyl (C=O) groups excluding carboxylic acids is 1. The number of carboxylic acids is 1. The lowest BCUT2D eigenvalue weighted by Crippen LogP contribution is -2.44. The van der Waals surface area contributed by atoms with Crippen LogP contribution in [0.2, 0.25) is 0 Å². The molecule has 0 radical (unpaired) electrons. The van der Waals surface area contributed by atoms with E-state index in [0.717, 1.165) is 11.3 Å². The van der Waals surface area contributed by atoms with Gasteiger partial charge in [0.1, 0.15) is 6.54 Å². The molecule has 0 spiro atoms. The van der Waals surface area contributed by atoms with Gasteiger partial charge in [0.15, 0.2) is 0 Å². The molecule has 5 nitrogen and oxygen atoms in total. The Kier molecular flexibility index (Phi) is 5.11. The van der Waals surface area contributed by atoms with Crippen LogP contribution in [0.5, 0.6) is 0 Å². The van der Waals surface area contributed by atoms with Crippen molar-refractivity contribution < 1.29 is 14.7 Å². The normalized spacial score (nSPS) is 9.79. The number of amides is 2. The maximum absolute atomic E-state index is 12.3. The number of benzene rings is 1. The number of urea groups is 1. The Morgan fingerprint density at radius 3 is 2.53 bits per heavy atom. The van der Waals surface area contributed by atoms with E-state index in [1.54, 1.807) is 7.05 Å². The molecule has 0 aliphatic rings. The molecular formula is C14H18N2O3. The van der Waals surface area contributed by atoms with Crippen molar-refractivity contribution in [2.24, 2.45) is 0 Å². The van der Waals surface area contributed by atoms with Crippen LogP contribution in [0.25, 0.3) is 0 Å². The molecule has 0 aliphatic heterocycles. The molecule has 0 aliphatic carbocycles. The van der Waals surface area contributed by atoms with Crippen molar-refractivity contribution >= 4 is 17.7 Å². The lowest BCUT2D eigenvalue weighted by Gasteiger charge is -2.27. The SMILES string of the molecule is C=CCN(CC(=O)O)C(=O)N(C)c1ccccc1C. The van der Waals surface area contributed by atoms with Gasteiger partial charge in [0.2, 0.25) is 0 Å². The minimum Gasteiger partial charge on any atom is -0.480 e. The summed E-state index contributed by atoms with van der Waals surface area (Å²) in [6, 6.07) is 7.07. The second-order valence-corrected chi connectivity index (χ2v) is 4.19. The number of anilines is 1. The van der Waals surface area contributed by atoms with E-state index in [0.29, 0.717) is 0 Å². The number of nitrogens with zero attached hydrogens (tertiary/aromatic N) is 2. The predicted molar refractivity (Wildman–Crippen MR) is 74.4 cm³/mol. The molecule has 1 N–H and O–H groups in total. The Morgan fingerprint density at radius 2 is 2.00 bits per heavy atom. The number of hydrogen-bond acceptors (Lipinski definition) is 2. The van der Waals surface area contributed by atoms with Gasteiger partial charge in [-0.3, -0.25) is 9.69 Å². The fraction of sp³-hybridized carbons (Fsp3) is 0.286. The van der Waals surface area contributed by atoms with Gasteiger partial charge in [-0.15, -0.1) is 6.58 Å². The first kappa shape index (κ1) is 14.8. The van der Waals surface area contributed by atoms with Gasteiger partial charge in [-0.05, 0) is 18.6 Å². The molecule has 0 bridgehead atoms. The second kappa shape index (κ2) is 6.58. The Morgan fingerprint density at radius 1 is 1.37 bits per heavy atom. The number of carbonyl (C=O) groups is 2. The first-order valence-electron chi connectivity index (χ1n) is 5.88. The van der Waals surface area contributed by atoms with Gasteiger partial charge < -0.3 is 10.0 Å². The molecule has 2 amide bonds. The van der Waals surface area contributed by atoms with E-state index in [2.05, 4.69) is 6.58 Å². The topological polar surface area (TPSA) is 60.9 Å². The molecule has 1 aromatic carbocycles. The predicted octanol–water partition coefficient (Wildman–Crippen LogP) is 2.12. The number of carboxylic acid groups (broad SMARTS) is 1. The maximum Gasteiger partial charge on any atom is 0.325 e. The summed E-state index contributed by atoms with van der Waals surface area (Å²) in [5.41, 5.74) is 1.71. The van der Waals surface area contributed by atoms with Crippen molar-refractivity contribution in [1.29, 1.82) is 0 Å². The second-order valence-electron chi connectivity index (χ2n) is 4.19. The lowest BCUT2D eigenvalue weighted by atomic mass is 10.2. The van der Waals surface area contributed by atoms with E-state index >= 15 is 0 Å². The molecule has 19 heavy (non-hydrogen) atoms. The highest BCUT2D eigenvalue weighted by molar-refractivity contribution is 5.93. The van der Waals surface area contributed by atoms with Crippen LogP contribution >= 0.6 is 0 Å². The monoisotopic (exact) mass is 262 g/mol. The summed E-state index contributed by atoms with van der Waals surface area (Å²) in [5.74, 6) is -1.05. The van der Waals surface area contributed by atoms with Crippen molar-refractivity contribution in [2.45, 2.75) is 6.92 Å². The number of rotatable bonds is 5. The van der Waals surface area contributed by atoms with Crippen molar-refractivity contribution in [3.05, 3.63) is 42.5 Å². The third kappa shape index (κ3) is 3.84. The van der Waals surface area contributed by atoms with Crippen LogP contribution in [-0.2, 0) is 4.79 Å². The van der Waals surface area contributed by atoms with Crippen LogP contribution in [0.1, 0.15) is 5.56 Å². The van der Waals surface area contributed by atoms with E-state index in [4.69, 9.17) is 5.11 Å². The van der Waals surface area contributed by atoms with Crippen molar-refractivity contribution in [1.82, 2.24) is 4.90 Å². The molecule has 0 heterocycles. The van der Waals surface area contributed by atoms with Gasteiger partial charge in [0, 0.05) is 19.3 Å². The van der Waals surface area contributed by atoms with Gasteiger partial charge in [0.25, 0.3) is 0 Å².